The van der Waals surface area contributed by atoms with E-state index in [2.05, 4.69) is 20.6 Å². The fourth-order valence-corrected chi connectivity index (χ4v) is 3.38. The van der Waals surface area contributed by atoms with Crippen LogP contribution >= 0.6 is 23.4 Å². The number of aromatic nitrogens is 4. The molecule has 0 spiro atoms. The van der Waals surface area contributed by atoms with Crippen molar-refractivity contribution >= 4 is 40.6 Å². The average Bonchev–Trinajstić information content (AvgIpc) is 3.12. The molecule has 1 amide bonds. The highest BCUT2D eigenvalue weighted by molar-refractivity contribution is 7.99. The molecule has 2 aromatic carbocycles. The van der Waals surface area contributed by atoms with E-state index >= 15 is 0 Å². The molecule has 0 saturated heterocycles. The summed E-state index contributed by atoms with van der Waals surface area (Å²) < 4.78 is 1.70. The van der Waals surface area contributed by atoms with Crippen LogP contribution in [0.3, 0.4) is 0 Å². The highest BCUT2D eigenvalue weighted by atomic mass is 35.5. The monoisotopic (exact) mass is 409 g/mol. The molecular weight excluding hydrogens is 394 g/mol. The van der Waals surface area contributed by atoms with Gasteiger partial charge in [-0.05, 0) is 43.3 Å². The van der Waals surface area contributed by atoms with Gasteiger partial charge in [0.25, 0.3) is 0 Å². The van der Waals surface area contributed by atoms with Crippen LogP contribution in [0.5, 0.6) is 0 Å². The third-order valence-corrected chi connectivity index (χ3v) is 5.20. The third-order valence-electron chi connectivity index (χ3n) is 4.03. The van der Waals surface area contributed by atoms with Gasteiger partial charge in [-0.15, -0.1) is 10.2 Å². The van der Waals surface area contributed by atoms with Gasteiger partial charge < -0.3 is 5.32 Å². The number of rotatable bonds is 5. The van der Waals surface area contributed by atoms with Crippen molar-refractivity contribution in [3.63, 3.8) is 0 Å². The number of carbonyl (C=O) groups is 1. The van der Waals surface area contributed by atoms with E-state index in [-0.39, 0.29) is 11.7 Å². The highest BCUT2D eigenvalue weighted by Crippen LogP contribution is 2.21. The highest BCUT2D eigenvalue weighted by Gasteiger charge is 2.11. The maximum atomic E-state index is 12.2. The number of nitrogens with one attached hydrogen (secondary N) is 1. The number of thioether (sulfide) groups is 1. The van der Waals surface area contributed by atoms with E-state index in [0.717, 1.165) is 5.56 Å². The molecule has 2 heterocycles. The summed E-state index contributed by atoms with van der Waals surface area (Å²) in [5.41, 5.74) is 3.48. The van der Waals surface area contributed by atoms with Crippen molar-refractivity contribution in [2.75, 3.05) is 11.1 Å². The molecule has 0 bridgehead atoms. The number of benzene rings is 2. The number of hydrogen-bond acceptors (Lipinski definition) is 5. The zero-order chi connectivity index (χ0) is 19.5. The molecule has 4 aromatic rings. The number of hydrogen-bond donors (Lipinski definition) is 1. The summed E-state index contributed by atoms with van der Waals surface area (Å²) in [6, 6.07) is 18.7. The number of anilines is 1. The Balaban J connectivity index is 1.48. The first-order chi connectivity index (χ1) is 13.6. The summed E-state index contributed by atoms with van der Waals surface area (Å²) >= 11 is 7.20. The maximum Gasteiger partial charge on any atom is 0.234 e. The maximum absolute atomic E-state index is 12.2. The van der Waals surface area contributed by atoms with Crippen molar-refractivity contribution in [1.29, 1.82) is 0 Å². The Kier molecular flexibility index (Phi) is 5.27. The van der Waals surface area contributed by atoms with E-state index in [4.69, 9.17) is 11.6 Å². The first-order valence-electron chi connectivity index (χ1n) is 8.56. The van der Waals surface area contributed by atoms with Gasteiger partial charge in [-0.25, -0.2) is 0 Å². The molecule has 0 atom stereocenters. The van der Waals surface area contributed by atoms with Gasteiger partial charge in [0.15, 0.2) is 11.5 Å². The molecule has 0 aliphatic carbocycles. The molecular formula is C20H16ClN5OS. The quantitative estimate of drug-likeness (QED) is 0.492. The lowest BCUT2D eigenvalue weighted by molar-refractivity contribution is -0.113. The first-order valence-corrected chi connectivity index (χ1v) is 9.92. The minimum Gasteiger partial charge on any atom is -0.325 e. The summed E-state index contributed by atoms with van der Waals surface area (Å²) in [6.07, 6.45) is 0. The van der Waals surface area contributed by atoms with Crippen molar-refractivity contribution < 1.29 is 4.79 Å². The second-order valence-corrected chi connectivity index (χ2v) is 7.61. The number of nitrogens with zero attached hydrogens (tertiary/aromatic N) is 4. The SMILES string of the molecule is Cc1ccc(-c2nnc3ccc(SCC(=O)Nc4ccc(Cl)cc4)nn23)cc1. The molecule has 1 N–H and O–H groups in total. The van der Waals surface area contributed by atoms with Gasteiger partial charge in [-0.2, -0.15) is 9.61 Å². The van der Waals surface area contributed by atoms with E-state index in [9.17, 15) is 4.79 Å². The number of halogens is 1. The smallest absolute Gasteiger partial charge is 0.234 e. The summed E-state index contributed by atoms with van der Waals surface area (Å²) in [5, 5.41) is 17.2. The molecule has 0 unspecified atom stereocenters. The van der Waals surface area contributed by atoms with Gasteiger partial charge in [0, 0.05) is 16.3 Å². The zero-order valence-corrected chi connectivity index (χ0v) is 16.5. The lowest BCUT2D eigenvalue weighted by Crippen LogP contribution is -2.14. The lowest BCUT2D eigenvalue weighted by atomic mass is 10.1. The summed E-state index contributed by atoms with van der Waals surface area (Å²) in [6.45, 7) is 2.04. The fourth-order valence-electron chi connectivity index (χ4n) is 2.60. The van der Waals surface area contributed by atoms with Gasteiger partial charge in [-0.1, -0.05) is 53.2 Å². The topological polar surface area (TPSA) is 72.2 Å². The molecule has 0 radical (unpaired) electrons. The second kappa shape index (κ2) is 8.00. The van der Waals surface area contributed by atoms with Crippen LogP contribution in [0.25, 0.3) is 17.0 Å². The van der Waals surface area contributed by atoms with E-state index in [0.29, 0.717) is 27.2 Å². The van der Waals surface area contributed by atoms with Crippen LogP contribution in [0.2, 0.25) is 5.02 Å². The number of amides is 1. The Labute approximate surface area is 170 Å². The Morgan fingerprint density at radius 1 is 1.04 bits per heavy atom. The molecule has 140 valence electrons. The summed E-state index contributed by atoms with van der Waals surface area (Å²) in [5.74, 6) is 0.795. The molecule has 28 heavy (non-hydrogen) atoms. The minimum absolute atomic E-state index is 0.114. The minimum atomic E-state index is -0.114. The molecule has 8 heteroatoms. The molecule has 0 fully saturated rings. The second-order valence-electron chi connectivity index (χ2n) is 6.17. The lowest BCUT2D eigenvalue weighted by Gasteiger charge is -2.06. The van der Waals surface area contributed by atoms with Crippen LogP contribution in [0.15, 0.2) is 65.7 Å². The van der Waals surface area contributed by atoms with Crippen LogP contribution in [0.4, 0.5) is 5.69 Å². The number of fused-ring (bicyclic) bond motifs is 1. The van der Waals surface area contributed by atoms with E-state index in [1.165, 1.54) is 17.3 Å². The van der Waals surface area contributed by atoms with Gasteiger partial charge in [0.2, 0.25) is 5.91 Å². The van der Waals surface area contributed by atoms with E-state index < -0.39 is 0 Å². The van der Waals surface area contributed by atoms with Crippen molar-refractivity contribution in [3.8, 4) is 11.4 Å². The molecule has 0 aliphatic heterocycles. The number of aryl methyl sites for hydroxylation is 1. The third kappa shape index (κ3) is 4.16. The van der Waals surface area contributed by atoms with Gasteiger partial charge >= 0.3 is 0 Å². The van der Waals surface area contributed by atoms with Crippen LogP contribution in [-0.2, 0) is 4.79 Å². The molecule has 2 aromatic heterocycles. The molecule has 6 nitrogen and oxygen atoms in total. The van der Waals surface area contributed by atoms with Crippen molar-refractivity contribution in [3.05, 3.63) is 71.2 Å². The Hall–Kier alpha value is -2.90. The Bertz CT molecular complexity index is 1130. The van der Waals surface area contributed by atoms with Gasteiger partial charge in [0.05, 0.1) is 5.75 Å². The predicted octanol–water partition coefficient (Wildman–Crippen LogP) is 4.48. The molecule has 4 rings (SSSR count). The van der Waals surface area contributed by atoms with Gasteiger partial charge in [-0.3, -0.25) is 4.79 Å². The van der Waals surface area contributed by atoms with Crippen molar-refractivity contribution in [2.24, 2.45) is 0 Å². The number of carbonyl (C=O) groups excluding carboxylic acids is 1. The van der Waals surface area contributed by atoms with Crippen molar-refractivity contribution in [2.45, 2.75) is 11.9 Å². The first kappa shape index (κ1) is 18.5. The van der Waals surface area contributed by atoms with Crippen LogP contribution in [0.1, 0.15) is 5.56 Å². The zero-order valence-electron chi connectivity index (χ0n) is 15.0. The fraction of sp³-hybridized carbons (Fsp3) is 0.100. The van der Waals surface area contributed by atoms with Gasteiger partial charge in [0.1, 0.15) is 5.03 Å². The van der Waals surface area contributed by atoms with Crippen LogP contribution in [0, 0.1) is 6.92 Å². The van der Waals surface area contributed by atoms with E-state index in [1.807, 2.05) is 43.3 Å². The Morgan fingerprint density at radius 3 is 2.54 bits per heavy atom. The standard InChI is InChI=1S/C20H16ClN5OS/c1-13-2-4-14(5-3-13)20-24-23-17-10-11-19(25-26(17)20)28-12-18(27)22-16-8-6-15(21)7-9-16/h2-11H,12H2,1H3,(H,22,27). The summed E-state index contributed by atoms with van der Waals surface area (Å²) in [7, 11) is 0. The van der Waals surface area contributed by atoms with Crippen LogP contribution < -0.4 is 5.32 Å². The van der Waals surface area contributed by atoms with Crippen LogP contribution in [-0.4, -0.2) is 31.5 Å². The van der Waals surface area contributed by atoms with E-state index in [1.54, 1.807) is 28.8 Å². The Morgan fingerprint density at radius 2 is 1.79 bits per heavy atom. The summed E-state index contributed by atoms with van der Waals surface area (Å²) in [4.78, 5) is 12.2. The van der Waals surface area contributed by atoms with Crippen molar-refractivity contribution in [1.82, 2.24) is 19.8 Å². The largest absolute Gasteiger partial charge is 0.325 e. The molecule has 0 aliphatic rings. The predicted molar refractivity (Wildman–Crippen MR) is 112 cm³/mol. The average molecular weight is 410 g/mol. The normalized spacial score (nSPS) is 10.9. The molecule has 0 saturated carbocycles.